The molecule has 2 nitrogen and oxygen atoms in total. The van der Waals surface area contributed by atoms with Gasteiger partial charge in [-0.3, -0.25) is 0 Å². The SMILES string of the molecule is CC(C)(O[O-])c1ccccc1.[Na+]. The van der Waals surface area contributed by atoms with Gasteiger partial charge in [0.15, 0.2) is 0 Å². The molecule has 0 saturated carbocycles. The van der Waals surface area contributed by atoms with E-state index in [0.29, 0.717) is 0 Å². The van der Waals surface area contributed by atoms with Gasteiger partial charge >= 0.3 is 29.6 Å². The molecule has 12 heavy (non-hydrogen) atoms. The van der Waals surface area contributed by atoms with Gasteiger partial charge in [0.1, 0.15) is 0 Å². The molecule has 0 spiro atoms. The Labute approximate surface area is 94.8 Å². The molecule has 0 bridgehead atoms. The standard InChI is InChI=1S/C9H12O2.Na/c1-9(2,11-10)8-6-4-3-5-7-8;/h3-7,10H,1-2H3;/q;+1/p-1. The maximum atomic E-state index is 10.3. The first-order chi connectivity index (χ1) is 5.17. The number of hydrogen-bond donors (Lipinski definition) is 0. The van der Waals surface area contributed by atoms with Crippen LogP contribution in [-0.2, 0) is 10.5 Å². The topological polar surface area (TPSA) is 32.3 Å². The number of benzene rings is 1. The van der Waals surface area contributed by atoms with Crippen molar-refractivity contribution in [2.24, 2.45) is 0 Å². The Morgan fingerprint density at radius 3 is 2.08 bits per heavy atom. The molecule has 0 aliphatic rings. The van der Waals surface area contributed by atoms with E-state index in [-0.39, 0.29) is 29.6 Å². The summed E-state index contributed by atoms with van der Waals surface area (Å²) >= 11 is 0. The van der Waals surface area contributed by atoms with Crippen molar-refractivity contribution in [2.75, 3.05) is 0 Å². The van der Waals surface area contributed by atoms with Crippen LogP contribution in [0.3, 0.4) is 0 Å². The maximum Gasteiger partial charge on any atom is 1.00 e. The van der Waals surface area contributed by atoms with E-state index in [1.54, 1.807) is 13.8 Å². The minimum Gasteiger partial charge on any atom is -0.723 e. The quantitative estimate of drug-likeness (QED) is 0.301. The maximum absolute atomic E-state index is 10.3. The summed E-state index contributed by atoms with van der Waals surface area (Å²) in [4.78, 5) is 4.07. The Morgan fingerprint density at radius 2 is 1.67 bits per heavy atom. The number of rotatable bonds is 2. The van der Waals surface area contributed by atoms with E-state index in [2.05, 4.69) is 4.89 Å². The molecule has 0 radical (unpaired) electrons. The third-order valence-electron chi connectivity index (χ3n) is 1.68. The zero-order valence-corrected chi connectivity index (χ0v) is 9.70. The van der Waals surface area contributed by atoms with Gasteiger partial charge in [-0.25, -0.2) is 0 Å². The third kappa shape index (κ3) is 2.88. The fraction of sp³-hybridized carbons (Fsp3) is 0.333. The van der Waals surface area contributed by atoms with E-state index < -0.39 is 5.60 Å². The molecule has 0 unspecified atom stereocenters. The van der Waals surface area contributed by atoms with Crippen LogP contribution in [0.4, 0.5) is 0 Å². The summed E-state index contributed by atoms with van der Waals surface area (Å²) in [6.45, 7) is 3.49. The summed E-state index contributed by atoms with van der Waals surface area (Å²) in [5, 5.41) is 10.3. The monoisotopic (exact) mass is 174 g/mol. The van der Waals surface area contributed by atoms with Gasteiger partial charge in [-0.2, -0.15) is 0 Å². The van der Waals surface area contributed by atoms with Gasteiger partial charge in [-0.15, -0.1) is 0 Å². The molecule has 60 valence electrons. The van der Waals surface area contributed by atoms with Gasteiger partial charge in [0, 0.05) is 0 Å². The fourth-order valence-electron chi connectivity index (χ4n) is 0.888. The van der Waals surface area contributed by atoms with Crippen LogP contribution >= 0.6 is 0 Å². The van der Waals surface area contributed by atoms with E-state index in [1.807, 2.05) is 30.3 Å². The largest absolute Gasteiger partial charge is 1.00 e. The Bertz CT molecular complexity index is 221. The van der Waals surface area contributed by atoms with Gasteiger partial charge in [-0.05, 0) is 19.4 Å². The van der Waals surface area contributed by atoms with Crippen LogP contribution in [0.5, 0.6) is 0 Å². The second kappa shape index (κ2) is 5.00. The average Bonchev–Trinajstić information content (AvgIpc) is 2.06. The Morgan fingerprint density at radius 1 is 1.17 bits per heavy atom. The van der Waals surface area contributed by atoms with Crippen LogP contribution in [0, 0.1) is 0 Å². The second-order valence-electron chi connectivity index (χ2n) is 2.96. The molecule has 1 aromatic carbocycles. The molecule has 0 fully saturated rings. The fourth-order valence-corrected chi connectivity index (χ4v) is 0.888. The second-order valence-corrected chi connectivity index (χ2v) is 2.96. The van der Waals surface area contributed by atoms with Crippen LogP contribution < -0.4 is 34.8 Å². The van der Waals surface area contributed by atoms with Crippen molar-refractivity contribution >= 4 is 0 Å². The summed E-state index contributed by atoms with van der Waals surface area (Å²) in [5.41, 5.74) is 0.177. The molecule has 0 aromatic heterocycles. The first kappa shape index (κ1) is 12.1. The van der Waals surface area contributed by atoms with Crippen molar-refractivity contribution in [1.82, 2.24) is 0 Å². The Balaban J connectivity index is 0.00000121. The summed E-state index contributed by atoms with van der Waals surface area (Å²) < 4.78 is 0. The van der Waals surface area contributed by atoms with Gasteiger partial charge in [0.05, 0.1) is 5.60 Å². The summed E-state index contributed by atoms with van der Waals surface area (Å²) in [6, 6.07) is 9.42. The molecule has 0 atom stereocenters. The molecule has 1 aromatic rings. The first-order valence-electron chi connectivity index (χ1n) is 3.53. The molecule has 0 amide bonds. The van der Waals surface area contributed by atoms with Crippen LogP contribution in [-0.4, -0.2) is 0 Å². The summed E-state index contributed by atoms with van der Waals surface area (Å²) in [6.07, 6.45) is 0. The van der Waals surface area contributed by atoms with Crippen molar-refractivity contribution in [3.8, 4) is 0 Å². The molecular formula is C9H11NaO2. The predicted molar refractivity (Wildman–Crippen MR) is 40.6 cm³/mol. The molecule has 0 saturated heterocycles. The first-order valence-corrected chi connectivity index (χ1v) is 3.53. The van der Waals surface area contributed by atoms with Gasteiger partial charge in [-0.1, -0.05) is 30.3 Å². The van der Waals surface area contributed by atoms with Crippen molar-refractivity contribution in [1.29, 1.82) is 0 Å². The minimum atomic E-state index is -0.721. The summed E-state index contributed by atoms with van der Waals surface area (Å²) in [5.74, 6) is 0. The van der Waals surface area contributed by atoms with Crippen molar-refractivity contribution < 1.29 is 39.7 Å². The molecule has 0 aliphatic carbocycles. The van der Waals surface area contributed by atoms with Crippen LogP contribution in [0.2, 0.25) is 0 Å². The normalized spacial score (nSPS) is 10.6. The van der Waals surface area contributed by atoms with E-state index in [1.165, 1.54) is 0 Å². The summed E-state index contributed by atoms with van der Waals surface area (Å²) in [7, 11) is 0. The van der Waals surface area contributed by atoms with E-state index >= 15 is 0 Å². The zero-order valence-electron chi connectivity index (χ0n) is 7.70. The van der Waals surface area contributed by atoms with E-state index in [9.17, 15) is 5.26 Å². The van der Waals surface area contributed by atoms with Crippen LogP contribution in [0.25, 0.3) is 0 Å². The van der Waals surface area contributed by atoms with Gasteiger partial charge in [0.2, 0.25) is 0 Å². The zero-order chi connectivity index (χ0) is 8.32. The van der Waals surface area contributed by atoms with Crippen molar-refractivity contribution in [2.45, 2.75) is 19.4 Å². The van der Waals surface area contributed by atoms with Gasteiger partial charge < -0.3 is 10.1 Å². The third-order valence-corrected chi connectivity index (χ3v) is 1.68. The van der Waals surface area contributed by atoms with E-state index in [0.717, 1.165) is 5.56 Å². The van der Waals surface area contributed by atoms with Crippen LogP contribution in [0.1, 0.15) is 19.4 Å². The molecular weight excluding hydrogens is 163 g/mol. The predicted octanol–water partition coefficient (Wildman–Crippen LogP) is -1.78. The smallest absolute Gasteiger partial charge is 0.723 e. The van der Waals surface area contributed by atoms with Crippen LogP contribution in [0.15, 0.2) is 30.3 Å². The molecule has 0 heterocycles. The minimum absolute atomic E-state index is 0. The Kier molecular flexibility index (Phi) is 5.06. The van der Waals surface area contributed by atoms with Crippen molar-refractivity contribution in [3.05, 3.63) is 35.9 Å². The molecule has 1 rings (SSSR count). The molecule has 0 aliphatic heterocycles. The van der Waals surface area contributed by atoms with E-state index in [4.69, 9.17) is 0 Å². The molecule has 0 N–H and O–H groups in total. The average molecular weight is 174 g/mol. The Hall–Kier alpha value is 0.140. The van der Waals surface area contributed by atoms with Crippen molar-refractivity contribution in [3.63, 3.8) is 0 Å². The van der Waals surface area contributed by atoms with Gasteiger partial charge in [0.25, 0.3) is 0 Å². The molecule has 3 heteroatoms. The number of hydrogen-bond acceptors (Lipinski definition) is 2.